The number of nitrogens with zero attached hydrogens (tertiary/aromatic N) is 1. The molecule has 28 heavy (non-hydrogen) atoms. The summed E-state index contributed by atoms with van der Waals surface area (Å²) < 4.78 is 28.8. The molecule has 0 bridgehead atoms. The highest BCUT2D eigenvalue weighted by Crippen LogP contribution is 2.24. The van der Waals surface area contributed by atoms with Crippen molar-refractivity contribution >= 4 is 33.0 Å². The molecule has 1 heterocycles. The summed E-state index contributed by atoms with van der Waals surface area (Å²) >= 11 is 0. The maximum absolute atomic E-state index is 12.2. The maximum atomic E-state index is 12.2. The van der Waals surface area contributed by atoms with Gasteiger partial charge in [-0.2, -0.15) is 0 Å². The second-order valence-electron chi connectivity index (χ2n) is 6.73. The van der Waals surface area contributed by atoms with Crippen LogP contribution >= 0.6 is 0 Å². The largest absolute Gasteiger partial charge is 0.484 e. The van der Waals surface area contributed by atoms with E-state index in [-0.39, 0.29) is 17.4 Å². The quantitative estimate of drug-likeness (QED) is 0.802. The first-order valence-electron chi connectivity index (χ1n) is 8.88. The van der Waals surface area contributed by atoms with Gasteiger partial charge in [0, 0.05) is 30.6 Å². The highest BCUT2D eigenvalue weighted by Gasteiger charge is 2.21. The van der Waals surface area contributed by atoms with Gasteiger partial charge in [0.15, 0.2) is 16.4 Å². The van der Waals surface area contributed by atoms with Gasteiger partial charge < -0.3 is 15.0 Å². The number of benzene rings is 2. The number of rotatable bonds is 6. The lowest BCUT2D eigenvalue weighted by Crippen LogP contribution is -2.23. The number of carbonyl (C=O) groups is 2. The van der Waals surface area contributed by atoms with Crippen LogP contribution in [0.5, 0.6) is 5.75 Å². The van der Waals surface area contributed by atoms with Crippen LogP contribution in [0.25, 0.3) is 0 Å². The Kier molecular flexibility index (Phi) is 5.69. The topological polar surface area (TPSA) is 92.8 Å². The first kappa shape index (κ1) is 19.9. The molecule has 0 atom stereocenters. The molecule has 1 aliphatic rings. The SMILES string of the molecule is Cc1ccc(S(C)(=O)=O)cc1NC(=O)COc1ccc(N2CCCC2=O)cc1. The van der Waals surface area contributed by atoms with Crippen LogP contribution in [-0.4, -0.2) is 39.6 Å². The van der Waals surface area contributed by atoms with Crippen LogP contribution in [0.15, 0.2) is 47.4 Å². The number of nitrogens with one attached hydrogen (secondary N) is 1. The van der Waals surface area contributed by atoms with Gasteiger partial charge in [0.1, 0.15) is 5.75 Å². The molecule has 0 radical (unpaired) electrons. The van der Waals surface area contributed by atoms with Gasteiger partial charge in [-0.25, -0.2) is 8.42 Å². The lowest BCUT2D eigenvalue weighted by molar-refractivity contribution is -0.118. The summed E-state index contributed by atoms with van der Waals surface area (Å²) in [6.07, 6.45) is 2.54. The molecule has 148 valence electrons. The number of sulfone groups is 1. The third-order valence-electron chi connectivity index (χ3n) is 4.50. The van der Waals surface area contributed by atoms with Gasteiger partial charge in [-0.05, 0) is 55.3 Å². The van der Waals surface area contributed by atoms with Gasteiger partial charge in [0.2, 0.25) is 5.91 Å². The van der Waals surface area contributed by atoms with Gasteiger partial charge in [-0.1, -0.05) is 6.07 Å². The van der Waals surface area contributed by atoms with E-state index in [9.17, 15) is 18.0 Å². The van der Waals surface area contributed by atoms with E-state index in [2.05, 4.69) is 5.32 Å². The Labute approximate surface area is 164 Å². The first-order valence-corrected chi connectivity index (χ1v) is 10.8. The molecule has 2 aromatic rings. The summed E-state index contributed by atoms with van der Waals surface area (Å²) in [5.41, 5.74) is 1.99. The molecule has 1 aliphatic heterocycles. The summed E-state index contributed by atoms with van der Waals surface area (Å²) in [5, 5.41) is 2.67. The second-order valence-corrected chi connectivity index (χ2v) is 8.74. The number of ether oxygens (including phenoxy) is 1. The molecule has 1 fully saturated rings. The van der Waals surface area contributed by atoms with E-state index in [1.54, 1.807) is 42.2 Å². The molecule has 0 spiro atoms. The summed E-state index contributed by atoms with van der Waals surface area (Å²) in [6, 6.07) is 11.6. The molecule has 8 heteroatoms. The van der Waals surface area contributed by atoms with Crippen LogP contribution in [0.4, 0.5) is 11.4 Å². The predicted octanol–water partition coefficient (Wildman–Crippen LogP) is 2.54. The van der Waals surface area contributed by atoms with Crippen molar-refractivity contribution in [3.8, 4) is 5.75 Å². The highest BCUT2D eigenvalue weighted by molar-refractivity contribution is 7.90. The third kappa shape index (κ3) is 4.69. The molecule has 1 saturated heterocycles. The van der Waals surface area contributed by atoms with Crippen LogP contribution in [0.2, 0.25) is 0 Å². The Bertz CT molecular complexity index is 1000. The van der Waals surface area contributed by atoms with E-state index in [1.807, 2.05) is 0 Å². The monoisotopic (exact) mass is 402 g/mol. The molecule has 7 nitrogen and oxygen atoms in total. The second kappa shape index (κ2) is 8.02. The van der Waals surface area contributed by atoms with Crippen LogP contribution in [0.3, 0.4) is 0 Å². The van der Waals surface area contributed by atoms with E-state index >= 15 is 0 Å². The van der Waals surface area contributed by atoms with Gasteiger partial charge in [0.05, 0.1) is 4.90 Å². The fourth-order valence-electron chi connectivity index (χ4n) is 2.95. The van der Waals surface area contributed by atoms with E-state index < -0.39 is 15.7 Å². The fraction of sp³-hybridized carbons (Fsp3) is 0.300. The molecule has 2 aromatic carbocycles. The van der Waals surface area contributed by atoms with Gasteiger partial charge in [0.25, 0.3) is 5.91 Å². The van der Waals surface area contributed by atoms with Crippen LogP contribution < -0.4 is 15.0 Å². The van der Waals surface area contributed by atoms with Crippen molar-refractivity contribution in [3.63, 3.8) is 0 Å². The lowest BCUT2D eigenvalue weighted by atomic mass is 10.2. The van der Waals surface area contributed by atoms with E-state index in [0.717, 1.165) is 23.9 Å². The van der Waals surface area contributed by atoms with E-state index in [4.69, 9.17) is 4.74 Å². The first-order chi connectivity index (χ1) is 13.2. The number of carbonyl (C=O) groups excluding carboxylic acids is 2. The molecule has 0 aliphatic carbocycles. The number of hydrogen-bond acceptors (Lipinski definition) is 5. The molecule has 0 aromatic heterocycles. The maximum Gasteiger partial charge on any atom is 0.262 e. The Hall–Kier alpha value is -2.87. The summed E-state index contributed by atoms with van der Waals surface area (Å²) in [7, 11) is -3.36. The molecular formula is C20H22N2O5S. The molecule has 1 N–H and O–H groups in total. The smallest absolute Gasteiger partial charge is 0.262 e. The van der Waals surface area contributed by atoms with Crippen molar-refractivity contribution in [2.45, 2.75) is 24.7 Å². The van der Waals surface area contributed by atoms with Gasteiger partial charge >= 0.3 is 0 Å². The van der Waals surface area contributed by atoms with E-state index in [0.29, 0.717) is 24.4 Å². The number of amides is 2. The summed E-state index contributed by atoms with van der Waals surface area (Å²) in [5.74, 6) is 0.222. The predicted molar refractivity (Wildman–Crippen MR) is 106 cm³/mol. The molecule has 3 rings (SSSR count). The Morgan fingerprint density at radius 1 is 1.18 bits per heavy atom. The van der Waals surface area contributed by atoms with Crippen molar-refractivity contribution in [3.05, 3.63) is 48.0 Å². The van der Waals surface area contributed by atoms with Crippen LogP contribution in [-0.2, 0) is 19.4 Å². The van der Waals surface area contributed by atoms with Crippen LogP contribution in [0.1, 0.15) is 18.4 Å². The Morgan fingerprint density at radius 3 is 2.50 bits per heavy atom. The van der Waals surface area contributed by atoms with Crippen molar-refractivity contribution in [2.24, 2.45) is 0 Å². The average molecular weight is 402 g/mol. The molecule has 0 saturated carbocycles. The Morgan fingerprint density at radius 2 is 1.89 bits per heavy atom. The number of aryl methyl sites for hydroxylation is 1. The van der Waals surface area contributed by atoms with Crippen LogP contribution in [0, 0.1) is 6.92 Å². The zero-order valence-electron chi connectivity index (χ0n) is 15.8. The standard InChI is InChI=1S/C20H22N2O5S/c1-14-5-10-17(28(2,25)26)12-18(14)21-19(23)13-27-16-8-6-15(7-9-16)22-11-3-4-20(22)24/h5-10,12H,3-4,11,13H2,1-2H3,(H,21,23). The highest BCUT2D eigenvalue weighted by atomic mass is 32.2. The molecule has 0 unspecified atom stereocenters. The van der Waals surface area contributed by atoms with Crippen molar-refractivity contribution < 1.29 is 22.7 Å². The minimum atomic E-state index is -3.36. The van der Waals surface area contributed by atoms with Crippen molar-refractivity contribution in [1.82, 2.24) is 0 Å². The lowest BCUT2D eigenvalue weighted by Gasteiger charge is -2.16. The molecular weight excluding hydrogens is 380 g/mol. The minimum absolute atomic E-state index is 0.111. The summed E-state index contributed by atoms with van der Waals surface area (Å²) in [6.45, 7) is 2.28. The van der Waals surface area contributed by atoms with Crippen molar-refractivity contribution in [1.29, 1.82) is 0 Å². The zero-order chi connectivity index (χ0) is 20.3. The third-order valence-corrected chi connectivity index (χ3v) is 5.61. The number of anilines is 2. The number of hydrogen-bond donors (Lipinski definition) is 1. The fourth-order valence-corrected chi connectivity index (χ4v) is 3.59. The normalized spacial score (nSPS) is 14.2. The van der Waals surface area contributed by atoms with Crippen molar-refractivity contribution in [2.75, 3.05) is 29.6 Å². The Balaban J connectivity index is 1.59. The average Bonchev–Trinajstić information content (AvgIpc) is 3.07. The van der Waals surface area contributed by atoms with E-state index in [1.165, 1.54) is 12.1 Å². The van der Waals surface area contributed by atoms with Gasteiger partial charge in [-0.3, -0.25) is 9.59 Å². The zero-order valence-corrected chi connectivity index (χ0v) is 16.6. The minimum Gasteiger partial charge on any atom is -0.484 e. The summed E-state index contributed by atoms with van der Waals surface area (Å²) in [4.78, 5) is 25.8. The molecule has 2 amide bonds. The van der Waals surface area contributed by atoms with Gasteiger partial charge in [-0.15, -0.1) is 0 Å².